The van der Waals surface area contributed by atoms with Gasteiger partial charge in [0.1, 0.15) is 11.5 Å². The number of carboxylic acid groups (broad SMARTS) is 1. The van der Waals surface area contributed by atoms with Crippen molar-refractivity contribution < 1.29 is 19.1 Å². The lowest BCUT2D eigenvalue weighted by atomic mass is 10.2. The zero-order valence-electron chi connectivity index (χ0n) is 10.1. The molecule has 0 spiro atoms. The predicted octanol–water partition coefficient (Wildman–Crippen LogP) is 2.75. The van der Waals surface area contributed by atoms with E-state index in [0.29, 0.717) is 23.7 Å². The molecule has 0 fully saturated rings. The summed E-state index contributed by atoms with van der Waals surface area (Å²) in [5, 5.41) is 8.92. The van der Waals surface area contributed by atoms with Gasteiger partial charge >= 0.3 is 5.97 Å². The maximum absolute atomic E-state index is 10.9. The van der Waals surface area contributed by atoms with Crippen molar-refractivity contribution >= 4 is 5.97 Å². The quantitative estimate of drug-likeness (QED) is 0.899. The van der Waals surface area contributed by atoms with Crippen LogP contribution in [0.25, 0.3) is 11.5 Å². The molecule has 1 aromatic carbocycles. The van der Waals surface area contributed by atoms with Crippen molar-refractivity contribution in [2.75, 3.05) is 6.61 Å². The molecule has 0 aliphatic rings. The Morgan fingerprint density at radius 1 is 1.50 bits per heavy atom. The molecule has 2 rings (SSSR count). The summed E-state index contributed by atoms with van der Waals surface area (Å²) in [5.41, 5.74) is 0.628. The molecule has 0 unspecified atom stereocenters. The van der Waals surface area contributed by atoms with Gasteiger partial charge in [-0.25, -0.2) is 9.78 Å². The highest BCUT2D eigenvalue weighted by molar-refractivity contribution is 5.87. The molecule has 0 bridgehead atoms. The van der Waals surface area contributed by atoms with Crippen LogP contribution in [0.5, 0.6) is 5.75 Å². The smallest absolute Gasteiger partial charge is 0.358 e. The Kier molecular flexibility index (Phi) is 3.32. The van der Waals surface area contributed by atoms with Crippen LogP contribution in [0.15, 0.2) is 28.7 Å². The van der Waals surface area contributed by atoms with Crippen molar-refractivity contribution in [1.82, 2.24) is 4.98 Å². The zero-order chi connectivity index (χ0) is 13.1. The van der Waals surface area contributed by atoms with Gasteiger partial charge in [-0.2, -0.15) is 0 Å². The minimum Gasteiger partial charge on any atom is -0.494 e. The molecular formula is C13H13NO4. The highest BCUT2D eigenvalue weighted by Crippen LogP contribution is 2.25. The van der Waals surface area contributed by atoms with Crippen molar-refractivity contribution in [3.8, 4) is 17.2 Å². The lowest BCUT2D eigenvalue weighted by Crippen LogP contribution is -1.98. The molecule has 1 aromatic heterocycles. The second-order valence-corrected chi connectivity index (χ2v) is 3.69. The fourth-order valence-electron chi connectivity index (χ4n) is 1.60. The van der Waals surface area contributed by atoms with E-state index in [-0.39, 0.29) is 11.6 Å². The number of aromatic nitrogens is 1. The van der Waals surface area contributed by atoms with Crippen LogP contribution < -0.4 is 4.74 Å². The van der Waals surface area contributed by atoms with Gasteiger partial charge in [0.05, 0.1) is 6.61 Å². The van der Waals surface area contributed by atoms with E-state index in [9.17, 15) is 4.79 Å². The van der Waals surface area contributed by atoms with Crippen molar-refractivity contribution in [3.05, 3.63) is 35.7 Å². The van der Waals surface area contributed by atoms with Crippen LogP contribution in [-0.2, 0) is 0 Å². The lowest BCUT2D eigenvalue weighted by Gasteiger charge is -2.03. The maximum atomic E-state index is 10.9. The highest BCUT2D eigenvalue weighted by Gasteiger charge is 2.17. The van der Waals surface area contributed by atoms with Crippen molar-refractivity contribution in [1.29, 1.82) is 0 Å². The molecule has 94 valence electrons. The first kappa shape index (κ1) is 12.2. The van der Waals surface area contributed by atoms with Crippen LogP contribution in [0, 0.1) is 6.92 Å². The molecule has 1 N–H and O–H groups in total. The number of aromatic carboxylic acids is 1. The number of hydrogen-bond donors (Lipinski definition) is 1. The molecule has 5 nitrogen and oxygen atoms in total. The Morgan fingerprint density at radius 3 is 2.89 bits per heavy atom. The van der Waals surface area contributed by atoms with Gasteiger partial charge in [-0.1, -0.05) is 6.07 Å². The highest BCUT2D eigenvalue weighted by atomic mass is 16.5. The summed E-state index contributed by atoms with van der Waals surface area (Å²) < 4.78 is 10.7. The first-order chi connectivity index (χ1) is 8.61. The van der Waals surface area contributed by atoms with Gasteiger partial charge in [0.15, 0.2) is 5.69 Å². The first-order valence-corrected chi connectivity index (χ1v) is 5.55. The third kappa shape index (κ3) is 2.34. The second kappa shape index (κ2) is 4.91. The summed E-state index contributed by atoms with van der Waals surface area (Å²) in [5.74, 6) is 0.178. The minimum absolute atomic E-state index is 0.0631. The number of ether oxygens (including phenoxy) is 1. The Labute approximate surface area is 104 Å². The van der Waals surface area contributed by atoms with Gasteiger partial charge in [0.25, 0.3) is 0 Å². The van der Waals surface area contributed by atoms with Gasteiger partial charge in [0.2, 0.25) is 5.89 Å². The summed E-state index contributed by atoms with van der Waals surface area (Å²) in [7, 11) is 0. The van der Waals surface area contributed by atoms with E-state index < -0.39 is 5.97 Å². The van der Waals surface area contributed by atoms with E-state index in [1.807, 2.05) is 13.0 Å². The van der Waals surface area contributed by atoms with Crippen molar-refractivity contribution in [2.24, 2.45) is 0 Å². The number of nitrogens with zero attached hydrogens (tertiary/aromatic N) is 1. The van der Waals surface area contributed by atoms with Crippen molar-refractivity contribution in [2.45, 2.75) is 13.8 Å². The van der Waals surface area contributed by atoms with Gasteiger partial charge in [-0.3, -0.25) is 0 Å². The Bertz CT molecular complexity index is 574. The molecule has 2 aromatic rings. The van der Waals surface area contributed by atoms with E-state index in [2.05, 4.69) is 4.98 Å². The Hall–Kier alpha value is -2.30. The molecule has 0 saturated heterocycles. The summed E-state index contributed by atoms with van der Waals surface area (Å²) in [6.07, 6.45) is 0. The first-order valence-electron chi connectivity index (χ1n) is 5.55. The van der Waals surface area contributed by atoms with Crippen LogP contribution in [0.1, 0.15) is 23.2 Å². The SMILES string of the molecule is CCOc1cccc(-c2nc(C(=O)O)c(C)o2)c1. The van der Waals surface area contributed by atoms with Crippen LogP contribution in [0.2, 0.25) is 0 Å². The fraction of sp³-hybridized carbons (Fsp3) is 0.231. The van der Waals surface area contributed by atoms with Crippen LogP contribution in [-0.4, -0.2) is 22.7 Å². The van der Waals surface area contributed by atoms with Gasteiger partial charge in [-0.05, 0) is 32.0 Å². The molecular weight excluding hydrogens is 234 g/mol. The summed E-state index contributed by atoms with van der Waals surface area (Å²) >= 11 is 0. The van der Waals surface area contributed by atoms with Gasteiger partial charge < -0.3 is 14.3 Å². The molecule has 18 heavy (non-hydrogen) atoms. The Morgan fingerprint density at radius 2 is 2.28 bits per heavy atom. The summed E-state index contributed by atoms with van der Waals surface area (Å²) in [6, 6.07) is 7.18. The normalized spacial score (nSPS) is 10.3. The number of rotatable bonds is 4. The number of oxazole rings is 1. The molecule has 0 amide bonds. The average molecular weight is 247 g/mol. The van der Waals surface area contributed by atoms with Crippen LogP contribution in [0.4, 0.5) is 0 Å². The second-order valence-electron chi connectivity index (χ2n) is 3.69. The Balaban J connectivity index is 2.39. The lowest BCUT2D eigenvalue weighted by molar-refractivity contribution is 0.0689. The standard InChI is InChI=1S/C13H13NO4/c1-3-17-10-6-4-5-9(7-10)12-14-11(13(15)16)8(2)18-12/h4-7H,3H2,1-2H3,(H,15,16). The largest absolute Gasteiger partial charge is 0.494 e. The van der Waals surface area contributed by atoms with Gasteiger partial charge in [-0.15, -0.1) is 0 Å². The molecule has 0 aliphatic carbocycles. The summed E-state index contributed by atoms with van der Waals surface area (Å²) in [6.45, 7) is 4.03. The predicted molar refractivity (Wildman–Crippen MR) is 64.8 cm³/mol. The third-order valence-corrected chi connectivity index (χ3v) is 2.39. The molecule has 0 radical (unpaired) electrons. The third-order valence-electron chi connectivity index (χ3n) is 2.39. The fourth-order valence-corrected chi connectivity index (χ4v) is 1.60. The van der Waals surface area contributed by atoms with E-state index >= 15 is 0 Å². The molecule has 5 heteroatoms. The number of aryl methyl sites for hydroxylation is 1. The van der Waals surface area contributed by atoms with Crippen molar-refractivity contribution in [3.63, 3.8) is 0 Å². The zero-order valence-corrected chi connectivity index (χ0v) is 10.1. The maximum Gasteiger partial charge on any atom is 0.358 e. The topological polar surface area (TPSA) is 72.6 Å². The minimum atomic E-state index is -1.09. The van der Waals surface area contributed by atoms with E-state index in [1.165, 1.54) is 0 Å². The van der Waals surface area contributed by atoms with Gasteiger partial charge in [0, 0.05) is 5.56 Å². The van der Waals surface area contributed by atoms with E-state index in [4.69, 9.17) is 14.3 Å². The van der Waals surface area contributed by atoms with E-state index in [0.717, 1.165) is 0 Å². The number of carboxylic acids is 1. The number of benzene rings is 1. The molecule has 0 aliphatic heterocycles. The average Bonchev–Trinajstić information content (AvgIpc) is 2.72. The van der Waals surface area contributed by atoms with Crippen LogP contribution >= 0.6 is 0 Å². The monoisotopic (exact) mass is 247 g/mol. The van der Waals surface area contributed by atoms with E-state index in [1.54, 1.807) is 25.1 Å². The molecule has 0 saturated carbocycles. The van der Waals surface area contributed by atoms with Crippen LogP contribution in [0.3, 0.4) is 0 Å². The molecule has 1 heterocycles. The number of hydrogen-bond acceptors (Lipinski definition) is 4. The molecule has 0 atom stereocenters. The number of carbonyl (C=O) groups is 1. The summed E-state index contributed by atoms with van der Waals surface area (Å²) in [4.78, 5) is 14.8.